The summed E-state index contributed by atoms with van der Waals surface area (Å²) in [5, 5.41) is 3.01. The fourth-order valence-corrected chi connectivity index (χ4v) is 2.89. The molecule has 2 aromatic carbocycles. The molecule has 0 aromatic heterocycles. The van der Waals surface area contributed by atoms with Gasteiger partial charge < -0.3 is 10.1 Å². The third kappa shape index (κ3) is 5.93. The molecule has 0 aliphatic rings. The van der Waals surface area contributed by atoms with E-state index in [0.717, 1.165) is 24.2 Å². The minimum atomic E-state index is -0.444. The number of rotatable bonds is 8. The Morgan fingerprint density at radius 2 is 1.84 bits per heavy atom. The Morgan fingerprint density at radius 1 is 1.08 bits per heavy atom. The van der Waals surface area contributed by atoms with Gasteiger partial charge in [-0.05, 0) is 57.2 Å². The molecular formula is C22H29NO2. The van der Waals surface area contributed by atoms with Crippen molar-refractivity contribution >= 4 is 5.91 Å². The maximum Gasteiger partial charge on any atom is 0.261 e. The number of hydrogen-bond acceptors (Lipinski definition) is 2. The van der Waals surface area contributed by atoms with Crippen LogP contribution in [0.25, 0.3) is 0 Å². The van der Waals surface area contributed by atoms with E-state index < -0.39 is 6.10 Å². The highest BCUT2D eigenvalue weighted by molar-refractivity contribution is 5.81. The van der Waals surface area contributed by atoms with E-state index in [0.29, 0.717) is 13.0 Å². The Balaban J connectivity index is 1.81. The number of benzene rings is 2. The molecule has 0 heterocycles. The van der Waals surface area contributed by atoms with Crippen LogP contribution in [-0.2, 0) is 11.2 Å². The van der Waals surface area contributed by atoms with Crippen LogP contribution in [0.4, 0.5) is 0 Å². The summed E-state index contributed by atoms with van der Waals surface area (Å²) in [6.07, 6.45) is 2.10. The van der Waals surface area contributed by atoms with Crippen LogP contribution < -0.4 is 10.1 Å². The van der Waals surface area contributed by atoms with Gasteiger partial charge in [0, 0.05) is 6.54 Å². The molecule has 3 nitrogen and oxygen atoms in total. The molecule has 0 fully saturated rings. The summed E-state index contributed by atoms with van der Waals surface area (Å²) in [6.45, 7) is 8.80. The van der Waals surface area contributed by atoms with E-state index in [-0.39, 0.29) is 5.91 Å². The van der Waals surface area contributed by atoms with E-state index in [1.54, 1.807) is 0 Å². The van der Waals surface area contributed by atoms with Gasteiger partial charge in [0.25, 0.3) is 5.91 Å². The van der Waals surface area contributed by atoms with Crippen LogP contribution >= 0.6 is 0 Å². The van der Waals surface area contributed by atoms with Crippen molar-refractivity contribution in [3.8, 4) is 5.75 Å². The van der Waals surface area contributed by atoms with Crippen LogP contribution in [0.2, 0.25) is 0 Å². The molecule has 2 aromatic rings. The predicted octanol–water partition coefficient (Wildman–Crippen LogP) is 4.52. The quantitative estimate of drug-likeness (QED) is 0.718. The minimum Gasteiger partial charge on any atom is -0.480 e. The Bertz CT molecular complexity index is 709. The third-order valence-electron chi connectivity index (χ3n) is 4.29. The second-order valence-electron chi connectivity index (χ2n) is 6.67. The van der Waals surface area contributed by atoms with Gasteiger partial charge in [0.15, 0.2) is 6.10 Å². The van der Waals surface area contributed by atoms with Gasteiger partial charge in [-0.1, -0.05) is 54.4 Å². The lowest BCUT2D eigenvalue weighted by molar-refractivity contribution is -0.128. The summed E-state index contributed by atoms with van der Waals surface area (Å²) in [5.41, 5.74) is 4.84. The number of nitrogens with one attached hydrogen (secondary N) is 1. The van der Waals surface area contributed by atoms with Gasteiger partial charge >= 0.3 is 0 Å². The Labute approximate surface area is 151 Å². The Hall–Kier alpha value is -2.29. The highest BCUT2D eigenvalue weighted by atomic mass is 16.5. The molecule has 25 heavy (non-hydrogen) atoms. The number of carbonyl (C=O) groups is 1. The van der Waals surface area contributed by atoms with Crippen molar-refractivity contribution < 1.29 is 9.53 Å². The van der Waals surface area contributed by atoms with Crippen LogP contribution in [-0.4, -0.2) is 18.6 Å². The standard InChI is InChI=1S/C22H29NO2/c1-5-20(25-21-12-11-17(3)14-18(21)4)22(24)23-13-7-10-19-9-6-8-16(2)15-19/h6,8-9,11-12,14-15,20H,5,7,10,13H2,1-4H3,(H,23,24)/t20-/m0/s1. The van der Waals surface area contributed by atoms with Crippen LogP contribution in [0, 0.1) is 20.8 Å². The van der Waals surface area contributed by atoms with E-state index in [4.69, 9.17) is 4.74 Å². The average Bonchev–Trinajstić information content (AvgIpc) is 2.58. The van der Waals surface area contributed by atoms with Crippen molar-refractivity contribution in [3.63, 3.8) is 0 Å². The van der Waals surface area contributed by atoms with Gasteiger partial charge in [0.1, 0.15) is 5.75 Å². The Morgan fingerprint density at radius 3 is 2.52 bits per heavy atom. The summed E-state index contributed by atoms with van der Waals surface area (Å²) in [5.74, 6) is 0.749. The van der Waals surface area contributed by atoms with E-state index in [9.17, 15) is 4.79 Å². The van der Waals surface area contributed by atoms with Crippen LogP contribution in [0.1, 0.15) is 42.0 Å². The number of aryl methyl sites for hydroxylation is 4. The normalized spacial score (nSPS) is 11.8. The summed E-state index contributed by atoms with van der Waals surface area (Å²) in [4.78, 5) is 12.4. The van der Waals surface area contributed by atoms with E-state index in [1.165, 1.54) is 16.7 Å². The molecule has 0 bridgehead atoms. The lowest BCUT2D eigenvalue weighted by Gasteiger charge is -2.19. The number of amides is 1. The first-order valence-electron chi connectivity index (χ1n) is 9.06. The molecule has 134 valence electrons. The van der Waals surface area contributed by atoms with Crippen molar-refractivity contribution in [2.24, 2.45) is 0 Å². The van der Waals surface area contributed by atoms with Crippen molar-refractivity contribution in [3.05, 3.63) is 64.7 Å². The second kappa shape index (κ2) is 9.26. The van der Waals surface area contributed by atoms with Crippen molar-refractivity contribution in [1.82, 2.24) is 5.32 Å². The van der Waals surface area contributed by atoms with E-state index in [1.807, 2.05) is 26.0 Å². The number of ether oxygens (including phenoxy) is 1. The van der Waals surface area contributed by atoms with Gasteiger partial charge in [-0.3, -0.25) is 4.79 Å². The zero-order valence-corrected chi connectivity index (χ0v) is 15.8. The fraction of sp³-hybridized carbons (Fsp3) is 0.409. The van der Waals surface area contributed by atoms with Crippen molar-refractivity contribution in [2.75, 3.05) is 6.54 Å². The molecule has 0 unspecified atom stereocenters. The zero-order valence-electron chi connectivity index (χ0n) is 15.8. The monoisotopic (exact) mass is 339 g/mol. The van der Waals surface area contributed by atoms with Crippen molar-refractivity contribution in [1.29, 1.82) is 0 Å². The van der Waals surface area contributed by atoms with Gasteiger partial charge in [-0.2, -0.15) is 0 Å². The van der Waals surface area contributed by atoms with E-state index in [2.05, 4.69) is 49.5 Å². The summed E-state index contributed by atoms with van der Waals surface area (Å²) in [6, 6.07) is 14.5. The summed E-state index contributed by atoms with van der Waals surface area (Å²) < 4.78 is 5.93. The molecular weight excluding hydrogens is 310 g/mol. The highest BCUT2D eigenvalue weighted by Gasteiger charge is 2.18. The maximum absolute atomic E-state index is 12.4. The lowest BCUT2D eigenvalue weighted by Crippen LogP contribution is -2.38. The largest absolute Gasteiger partial charge is 0.480 e. The smallest absolute Gasteiger partial charge is 0.261 e. The van der Waals surface area contributed by atoms with Crippen molar-refractivity contribution in [2.45, 2.75) is 53.1 Å². The van der Waals surface area contributed by atoms with Gasteiger partial charge in [0.05, 0.1) is 0 Å². The molecule has 0 saturated heterocycles. The third-order valence-corrected chi connectivity index (χ3v) is 4.29. The first-order valence-corrected chi connectivity index (χ1v) is 9.06. The maximum atomic E-state index is 12.4. The molecule has 1 atom stereocenters. The first kappa shape index (κ1) is 19.0. The molecule has 2 rings (SSSR count). The average molecular weight is 339 g/mol. The van der Waals surface area contributed by atoms with Crippen LogP contribution in [0.15, 0.2) is 42.5 Å². The minimum absolute atomic E-state index is 0.0354. The summed E-state index contributed by atoms with van der Waals surface area (Å²) in [7, 11) is 0. The first-order chi connectivity index (χ1) is 12.0. The molecule has 0 saturated carbocycles. The molecule has 1 N–H and O–H groups in total. The van der Waals surface area contributed by atoms with Gasteiger partial charge in [0.2, 0.25) is 0 Å². The highest BCUT2D eigenvalue weighted by Crippen LogP contribution is 2.20. The number of hydrogen-bond donors (Lipinski definition) is 1. The summed E-state index contributed by atoms with van der Waals surface area (Å²) >= 11 is 0. The van der Waals surface area contributed by atoms with Crippen LogP contribution in [0.3, 0.4) is 0 Å². The fourth-order valence-electron chi connectivity index (χ4n) is 2.89. The lowest BCUT2D eigenvalue weighted by atomic mass is 10.1. The number of carbonyl (C=O) groups excluding carboxylic acids is 1. The molecule has 1 amide bonds. The van der Waals surface area contributed by atoms with Gasteiger partial charge in [-0.15, -0.1) is 0 Å². The molecule has 0 aliphatic heterocycles. The second-order valence-corrected chi connectivity index (χ2v) is 6.67. The molecule has 0 spiro atoms. The van der Waals surface area contributed by atoms with Gasteiger partial charge in [-0.25, -0.2) is 0 Å². The topological polar surface area (TPSA) is 38.3 Å². The SMILES string of the molecule is CC[C@H](Oc1ccc(C)cc1C)C(=O)NCCCc1cccc(C)c1. The Kier molecular flexibility index (Phi) is 7.05. The zero-order chi connectivity index (χ0) is 18.2. The molecule has 3 heteroatoms. The predicted molar refractivity (Wildman–Crippen MR) is 103 cm³/mol. The molecule has 0 aliphatic carbocycles. The van der Waals surface area contributed by atoms with Crippen LogP contribution in [0.5, 0.6) is 5.75 Å². The molecule has 0 radical (unpaired) electrons. The van der Waals surface area contributed by atoms with E-state index >= 15 is 0 Å².